The van der Waals surface area contributed by atoms with Crippen LogP contribution in [0.15, 0.2) is 73.6 Å². The highest BCUT2D eigenvalue weighted by atomic mass is 16.2. The van der Waals surface area contributed by atoms with Gasteiger partial charge in [-0.1, -0.05) is 59.7 Å². The molecule has 0 saturated heterocycles. The Morgan fingerprint density at radius 3 is 1.46 bits per heavy atom. The molecule has 2 aromatic heterocycles. The number of benzene rings is 2. The van der Waals surface area contributed by atoms with Crippen molar-refractivity contribution in [1.82, 2.24) is 19.1 Å². The number of aromatic nitrogens is 4. The summed E-state index contributed by atoms with van der Waals surface area (Å²) in [5.74, 6) is 0. The van der Waals surface area contributed by atoms with Crippen LogP contribution in [0.2, 0.25) is 0 Å². The fourth-order valence-corrected chi connectivity index (χ4v) is 2.89. The maximum Gasteiger partial charge on any atom is 0.339 e. The molecule has 0 saturated carbocycles. The molecule has 5 nitrogen and oxygen atoms in total. The van der Waals surface area contributed by atoms with Crippen molar-refractivity contribution in [3.8, 4) is 22.5 Å². The van der Waals surface area contributed by atoms with Crippen LogP contribution >= 0.6 is 0 Å². The average Bonchev–Trinajstić information content (AvgIpc) is 3.32. The largest absolute Gasteiger partial charge is 0.339 e. The molecule has 0 spiro atoms. The molecule has 0 atom stereocenters. The summed E-state index contributed by atoms with van der Waals surface area (Å²) < 4.78 is 3.09. The van der Waals surface area contributed by atoms with E-state index in [0.717, 1.165) is 22.5 Å². The maximum atomic E-state index is 13.1. The Balaban J connectivity index is 1.75. The average molecular weight is 342 g/mol. The maximum absolute atomic E-state index is 13.1. The molecule has 0 bridgehead atoms. The first kappa shape index (κ1) is 16.0. The second-order valence-corrected chi connectivity index (χ2v) is 6.31. The van der Waals surface area contributed by atoms with Gasteiger partial charge in [0.25, 0.3) is 0 Å². The van der Waals surface area contributed by atoms with E-state index in [2.05, 4.69) is 9.97 Å². The molecule has 0 amide bonds. The fraction of sp³-hybridized carbons (Fsp3) is 0.0952. The van der Waals surface area contributed by atoms with Gasteiger partial charge in [0.1, 0.15) is 12.7 Å². The quantitative estimate of drug-likeness (QED) is 0.537. The Kier molecular flexibility index (Phi) is 3.97. The Morgan fingerprint density at radius 2 is 1.08 bits per heavy atom. The molecule has 0 aliphatic heterocycles. The van der Waals surface area contributed by atoms with Crippen molar-refractivity contribution in [3.05, 3.63) is 84.7 Å². The van der Waals surface area contributed by atoms with Crippen molar-refractivity contribution in [1.29, 1.82) is 0 Å². The normalized spacial score (nSPS) is 10.8. The third-order valence-corrected chi connectivity index (χ3v) is 4.38. The van der Waals surface area contributed by atoms with E-state index in [0.29, 0.717) is 0 Å². The lowest BCUT2D eigenvalue weighted by Crippen LogP contribution is -2.19. The molecule has 2 heterocycles. The number of hydrogen-bond acceptors (Lipinski definition) is 3. The predicted molar refractivity (Wildman–Crippen MR) is 101 cm³/mol. The first-order valence-electron chi connectivity index (χ1n) is 8.37. The van der Waals surface area contributed by atoms with Crippen molar-refractivity contribution in [2.45, 2.75) is 13.8 Å². The van der Waals surface area contributed by atoms with E-state index >= 15 is 0 Å². The minimum absolute atomic E-state index is 0.217. The van der Waals surface area contributed by atoms with Crippen LogP contribution in [0.4, 0.5) is 4.79 Å². The molecule has 128 valence electrons. The fourth-order valence-electron chi connectivity index (χ4n) is 2.89. The van der Waals surface area contributed by atoms with Crippen LogP contribution in [0.5, 0.6) is 0 Å². The van der Waals surface area contributed by atoms with Gasteiger partial charge in [-0.25, -0.2) is 23.9 Å². The SMILES string of the molecule is Cc1ccc(-c2cncn2C(=O)n2cncc2-c2ccc(C)cc2)cc1. The Labute approximate surface area is 151 Å². The molecule has 26 heavy (non-hydrogen) atoms. The summed E-state index contributed by atoms with van der Waals surface area (Å²) in [7, 11) is 0. The molecule has 0 radical (unpaired) electrons. The Bertz CT molecular complexity index is 970. The van der Waals surface area contributed by atoms with Crippen LogP contribution < -0.4 is 0 Å². The standard InChI is InChI=1S/C21H18N4O/c1-15-3-7-17(8-4-15)19-11-22-13-24(19)21(26)25-14-23-12-20(25)18-9-5-16(2)6-10-18/h3-14H,1-2H3. The monoisotopic (exact) mass is 342 g/mol. The Hall–Kier alpha value is -3.47. The van der Waals surface area contributed by atoms with Gasteiger partial charge in [-0.15, -0.1) is 0 Å². The van der Waals surface area contributed by atoms with E-state index in [4.69, 9.17) is 0 Å². The van der Waals surface area contributed by atoms with Crippen LogP contribution in [-0.4, -0.2) is 25.1 Å². The van der Waals surface area contributed by atoms with Crippen molar-refractivity contribution in [3.63, 3.8) is 0 Å². The minimum atomic E-state index is -0.217. The lowest BCUT2D eigenvalue weighted by atomic mass is 10.1. The van der Waals surface area contributed by atoms with E-state index in [1.165, 1.54) is 23.8 Å². The number of imidazole rings is 2. The predicted octanol–water partition coefficient (Wildman–Crippen LogP) is 4.55. The number of aryl methyl sites for hydroxylation is 2. The minimum Gasteiger partial charge on any atom is -0.250 e. The van der Waals surface area contributed by atoms with E-state index < -0.39 is 0 Å². The van der Waals surface area contributed by atoms with E-state index in [1.54, 1.807) is 21.5 Å². The molecule has 4 rings (SSSR count). The van der Waals surface area contributed by atoms with Crippen LogP contribution in [0, 0.1) is 13.8 Å². The van der Waals surface area contributed by atoms with Gasteiger partial charge in [0.15, 0.2) is 0 Å². The van der Waals surface area contributed by atoms with Crippen LogP contribution in [-0.2, 0) is 0 Å². The summed E-state index contributed by atoms with van der Waals surface area (Å²) >= 11 is 0. The zero-order valence-corrected chi connectivity index (χ0v) is 14.6. The second kappa shape index (κ2) is 6.44. The zero-order chi connectivity index (χ0) is 18.1. The van der Waals surface area contributed by atoms with Crippen molar-refractivity contribution in [2.75, 3.05) is 0 Å². The summed E-state index contributed by atoms with van der Waals surface area (Å²) in [6, 6.07) is 15.8. The first-order chi connectivity index (χ1) is 12.6. The topological polar surface area (TPSA) is 52.7 Å². The van der Waals surface area contributed by atoms with Gasteiger partial charge in [0.05, 0.1) is 23.8 Å². The smallest absolute Gasteiger partial charge is 0.250 e. The Morgan fingerprint density at radius 1 is 0.692 bits per heavy atom. The summed E-state index contributed by atoms with van der Waals surface area (Å²) in [5.41, 5.74) is 5.72. The molecule has 4 aromatic rings. The lowest BCUT2D eigenvalue weighted by molar-refractivity contribution is 0.244. The summed E-state index contributed by atoms with van der Waals surface area (Å²) in [6.45, 7) is 4.07. The molecule has 0 unspecified atom stereocenters. The first-order valence-corrected chi connectivity index (χ1v) is 8.37. The molecule has 5 heteroatoms. The number of carbonyl (C=O) groups is 1. The van der Waals surface area contributed by atoms with Gasteiger partial charge in [-0.3, -0.25) is 0 Å². The molecular weight excluding hydrogens is 324 g/mol. The zero-order valence-electron chi connectivity index (χ0n) is 14.6. The van der Waals surface area contributed by atoms with Gasteiger partial charge >= 0.3 is 6.03 Å². The van der Waals surface area contributed by atoms with E-state index in [1.807, 2.05) is 62.4 Å². The van der Waals surface area contributed by atoms with Gasteiger partial charge in [-0.05, 0) is 13.8 Å². The highest BCUT2D eigenvalue weighted by molar-refractivity contribution is 5.87. The van der Waals surface area contributed by atoms with Crippen LogP contribution in [0.1, 0.15) is 11.1 Å². The molecule has 0 fully saturated rings. The van der Waals surface area contributed by atoms with Crippen molar-refractivity contribution in [2.24, 2.45) is 0 Å². The number of nitrogens with zero attached hydrogens (tertiary/aromatic N) is 4. The van der Waals surface area contributed by atoms with Gasteiger partial charge in [0.2, 0.25) is 0 Å². The van der Waals surface area contributed by atoms with Crippen molar-refractivity contribution < 1.29 is 4.79 Å². The number of hydrogen-bond donors (Lipinski definition) is 0. The lowest BCUT2D eigenvalue weighted by Gasteiger charge is -2.11. The van der Waals surface area contributed by atoms with Gasteiger partial charge in [0, 0.05) is 11.1 Å². The van der Waals surface area contributed by atoms with E-state index in [9.17, 15) is 4.79 Å². The van der Waals surface area contributed by atoms with Crippen LogP contribution in [0.3, 0.4) is 0 Å². The summed E-state index contributed by atoms with van der Waals surface area (Å²) in [4.78, 5) is 21.5. The van der Waals surface area contributed by atoms with Gasteiger partial charge in [-0.2, -0.15) is 0 Å². The number of rotatable bonds is 2. The molecular formula is C21H18N4O. The third kappa shape index (κ3) is 2.84. The molecule has 0 aliphatic rings. The summed E-state index contributed by atoms with van der Waals surface area (Å²) in [6.07, 6.45) is 6.48. The van der Waals surface area contributed by atoms with Gasteiger partial charge < -0.3 is 0 Å². The van der Waals surface area contributed by atoms with Crippen molar-refractivity contribution >= 4 is 6.03 Å². The second-order valence-electron chi connectivity index (χ2n) is 6.31. The van der Waals surface area contributed by atoms with E-state index in [-0.39, 0.29) is 6.03 Å². The third-order valence-electron chi connectivity index (χ3n) is 4.38. The molecule has 0 aliphatic carbocycles. The highest BCUT2D eigenvalue weighted by Crippen LogP contribution is 2.23. The van der Waals surface area contributed by atoms with Crippen LogP contribution in [0.25, 0.3) is 22.5 Å². The highest BCUT2D eigenvalue weighted by Gasteiger charge is 2.17. The summed E-state index contributed by atoms with van der Waals surface area (Å²) in [5, 5.41) is 0. The molecule has 0 N–H and O–H groups in total. The molecule has 2 aromatic carbocycles. The number of carbonyl (C=O) groups excluding carboxylic acids is 1.